The lowest BCUT2D eigenvalue weighted by molar-refractivity contribution is 0.102. The van der Waals surface area contributed by atoms with E-state index in [0.29, 0.717) is 16.4 Å². The normalized spacial score (nSPS) is 11.4. The first-order valence-electron chi connectivity index (χ1n) is 12.8. The van der Waals surface area contributed by atoms with Crippen molar-refractivity contribution in [3.8, 4) is 17.0 Å². The van der Waals surface area contributed by atoms with Crippen LogP contribution in [0.1, 0.15) is 15.9 Å². The number of aryl methyl sites for hydroxylation is 1. The number of anilines is 1. The maximum absolute atomic E-state index is 13.5. The summed E-state index contributed by atoms with van der Waals surface area (Å²) < 4.78 is 4.46. The first-order chi connectivity index (χ1) is 19.9. The molecule has 7 rings (SSSR count). The molecule has 0 radical (unpaired) electrons. The molecule has 0 spiro atoms. The summed E-state index contributed by atoms with van der Waals surface area (Å²) in [4.78, 5) is 29.5. The van der Waals surface area contributed by atoms with E-state index in [1.807, 2.05) is 73.8 Å². The first kappa shape index (κ1) is 25.9. The van der Waals surface area contributed by atoms with Crippen molar-refractivity contribution in [1.29, 1.82) is 0 Å². The van der Waals surface area contributed by atoms with E-state index in [2.05, 4.69) is 60.4 Å². The number of halogens is 2. The molecule has 0 atom stereocenters. The molecule has 0 aliphatic heterocycles. The van der Waals surface area contributed by atoms with Gasteiger partial charge in [-0.25, -0.2) is 9.97 Å². The molecule has 41 heavy (non-hydrogen) atoms. The predicted octanol–water partition coefficient (Wildman–Crippen LogP) is 9.39. The number of hydrogen-bond acceptors (Lipinski definition) is 5. The molecule has 200 valence electrons. The van der Waals surface area contributed by atoms with Crippen LogP contribution in [0.4, 0.5) is 5.13 Å². The number of aromatic nitrogens is 3. The molecule has 0 unspecified atom stereocenters. The van der Waals surface area contributed by atoms with E-state index in [1.165, 1.54) is 11.3 Å². The third-order valence-corrected chi connectivity index (χ3v) is 8.75. The molecule has 0 fully saturated rings. The highest BCUT2D eigenvalue weighted by molar-refractivity contribution is 9.10. The fraction of sp³-hybridized carbons (Fsp3) is 0.0312. The standard InChI is InChI=1S/C32H20Br2N4O2S/c1-18-5-4-7-22-24(26-13-9-19-6-2-3-8-25(19)35-26)17-38(30(18)22)40-28-15-20(33)10-12-23(28)31(39)37-32-36-27-14-11-21(34)16-29(27)41-32/h2-17H,1H3,(H,36,37,39). The van der Waals surface area contributed by atoms with Gasteiger partial charge in [0.05, 0.1) is 38.7 Å². The number of thiazole rings is 1. The number of para-hydroxylation sites is 2. The smallest absolute Gasteiger partial charge is 0.261 e. The fourth-order valence-electron chi connectivity index (χ4n) is 4.89. The molecule has 1 N–H and O–H groups in total. The van der Waals surface area contributed by atoms with Crippen molar-refractivity contribution in [2.75, 3.05) is 5.32 Å². The monoisotopic (exact) mass is 682 g/mol. The zero-order valence-electron chi connectivity index (χ0n) is 21.6. The summed E-state index contributed by atoms with van der Waals surface area (Å²) in [5.74, 6) is 0.0918. The summed E-state index contributed by atoms with van der Waals surface area (Å²) in [6, 6.07) is 29.5. The van der Waals surface area contributed by atoms with Gasteiger partial charge in [-0.05, 0) is 61.0 Å². The van der Waals surface area contributed by atoms with Gasteiger partial charge in [0.25, 0.3) is 5.91 Å². The van der Waals surface area contributed by atoms with Crippen molar-refractivity contribution in [2.45, 2.75) is 6.92 Å². The van der Waals surface area contributed by atoms with E-state index >= 15 is 0 Å². The first-order valence-corrected chi connectivity index (χ1v) is 15.2. The van der Waals surface area contributed by atoms with Crippen LogP contribution in [0.3, 0.4) is 0 Å². The van der Waals surface area contributed by atoms with Crippen LogP contribution in [-0.4, -0.2) is 20.6 Å². The van der Waals surface area contributed by atoms with Gasteiger partial charge in [0.2, 0.25) is 0 Å². The van der Waals surface area contributed by atoms with Crippen LogP contribution in [0.15, 0.2) is 106 Å². The van der Waals surface area contributed by atoms with Crippen LogP contribution in [0, 0.1) is 6.92 Å². The Morgan fingerprint density at radius 1 is 0.878 bits per heavy atom. The van der Waals surface area contributed by atoms with Gasteiger partial charge in [0, 0.05) is 25.3 Å². The van der Waals surface area contributed by atoms with E-state index in [1.54, 1.807) is 16.9 Å². The average molecular weight is 684 g/mol. The van der Waals surface area contributed by atoms with Gasteiger partial charge in [-0.3, -0.25) is 10.1 Å². The number of nitrogens with zero attached hydrogens (tertiary/aromatic N) is 3. The van der Waals surface area contributed by atoms with Gasteiger partial charge < -0.3 is 4.84 Å². The van der Waals surface area contributed by atoms with Crippen LogP contribution >= 0.6 is 43.2 Å². The number of carbonyl (C=O) groups is 1. The third-order valence-electron chi connectivity index (χ3n) is 6.82. The Labute approximate surface area is 255 Å². The number of carbonyl (C=O) groups excluding carboxylic acids is 1. The maximum Gasteiger partial charge on any atom is 0.261 e. The van der Waals surface area contributed by atoms with Crippen molar-refractivity contribution < 1.29 is 9.63 Å². The van der Waals surface area contributed by atoms with Gasteiger partial charge in [-0.15, -0.1) is 0 Å². The largest absolute Gasteiger partial charge is 0.374 e. The number of fused-ring (bicyclic) bond motifs is 3. The van der Waals surface area contributed by atoms with Crippen molar-refractivity contribution in [2.24, 2.45) is 0 Å². The molecular weight excluding hydrogens is 664 g/mol. The molecular formula is C32H20Br2N4O2S. The predicted molar refractivity (Wildman–Crippen MR) is 173 cm³/mol. The maximum atomic E-state index is 13.5. The van der Waals surface area contributed by atoms with E-state index < -0.39 is 0 Å². The Bertz CT molecular complexity index is 2140. The number of pyridine rings is 1. The van der Waals surface area contributed by atoms with Gasteiger partial charge in [-0.1, -0.05) is 85.7 Å². The summed E-state index contributed by atoms with van der Waals surface area (Å²) in [7, 11) is 0. The van der Waals surface area contributed by atoms with Crippen LogP contribution in [0.25, 0.3) is 43.3 Å². The van der Waals surface area contributed by atoms with Gasteiger partial charge in [0.1, 0.15) is 0 Å². The summed E-state index contributed by atoms with van der Waals surface area (Å²) in [5.41, 5.74) is 5.86. The fourth-order valence-corrected chi connectivity index (χ4v) is 6.65. The minimum atomic E-state index is -0.310. The molecule has 0 aliphatic rings. The van der Waals surface area contributed by atoms with Crippen LogP contribution in [0.5, 0.6) is 5.75 Å². The van der Waals surface area contributed by atoms with Crippen molar-refractivity contribution >= 4 is 86.3 Å². The number of hydrogen-bond donors (Lipinski definition) is 1. The second kappa shape index (κ2) is 10.4. The SMILES string of the molecule is Cc1cccc2c(-c3ccc4ccccc4n3)cn(Oc3cc(Br)ccc3C(=O)Nc3nc4ccc(Br)cc4s3)c12. The Balaban J connectivity index is 1.28. The van der Waals surface area contributed by atoms with E-state index in [-0.39, 0.29) is 5.91 Å². The Hall–Kier alpha value is -4.05. The van der Waals surface area contributed by atoms with Gasteiger partial charge >= 0.3 is 0 Å². The average Bonchev–Trinajstić information content (AvgIpc) is 3.54. The second-order valence-electron chi connectivity index (χ2n) is 9.55. The highest BCUT2D eigenvalue weighted by Gasteiger charge is 2.20. The summed E-state index contributed by atoms with van der Waals surface area (Å²) in [6.45, 7) is 2.04. The summed E-state index contributed by atoms with van der Waals surface area (Å²) in [5, 5.41) is 5.56. The lowest BCUT2D eigenvalue weighted by atomic mass is 10.1. The number of rotatable bonds is 5. The van der Waals surface area contributed by atoms with Crippen molar-refractivity contribution in [3.63, 3.8) is 0 Å². The van der Waals surface area contributed by atoms with Crippen LogP contribution in [0.2, 0.25) is 0 Å². The molecule has 0 saturated heterocycles. The molecule has 0 aliphatic carbocycles. The zero-order valence-corrected chi connectivity index (χ0v) is 25.5. The Kier molecular flexibility index (Phi) is 6.57. The van der Waals surface area contributed by atoms with E-state index in [9.17, 15) is 4.79 Å². The van der Waals surface area contributed by atoms with Gasteiger partial charge in [0.15, 0.2) is 10.9 Å². The topological polar surface area (TPSA) is 69.0 Å². The zero-order chi connectivity index (χ0) is 28.1. The highest BCUT2D eigenvalue weighted by atomic mass is 79.9. The lowest BCUT2D eigenvalue weighted by Gasteiger charge is -2.13. The highest BCUT2D eigenvalue weighted by Crippen LogP contribution is 2.35. The molecule has 6 nitrogen and oxygen atoms in total. The molecule has 0 bridgehead atoms. The molecule has 1 amide bonds. The minimum absolute atomic E-state index is 0.310. The Morgan fingerprint density at radius 2 is 1.71 bits per heavy atom. The summed E-state index contributed by atoms with van der Waals surface area (Å²) >= 11 is 8.45. The van der Waals surface area contributed by atoms with E-state index in [0.717, 1.165) is 57.8 Å². The Morgan fingerprint density at radius 3 is 2.61 bits per heavy atom. The lowest BCUT2D eigenvalue weighted by Crippen LogP contribution is -2.15. The minimum Gasteiger partial charge on any atom is -0.374 e. The summed E-state index contributed by atoms with van der Waals surface area (Å²) in [6.07, 6.45) is 1.93. The number of amides is 1. The third kappa shape index (κ3) is 4.90. The van der Waals surface area contributed by atoms with Crippen LogP contribution < -0.4 is 10.2 Å². The van der Waals surface area contributed by atoms with Crippen molar-refractivity contribution in [1.82, 2.24) is 14.7 Å². The molecule has 4 aromatic carbocycles. The second-order valence-corrected chi connectivity index (χ2v) is 12.4. The number of nitrogens with one attached hydrogen (secondary N) is 1. The molecule has 3 aromatic heterocycles. The molecule has 7 aromatic rings. The molecule has 3 heterocycles. The van der Waals surface area contributed by atoms with Crippen LogP contribution in [-0.2, 0) is 0 Å². The van der Waals surface area contributed by atoms with E-state index in [4.69, 9.17) is 9.82 Å². The molecule has 0 saturated carbocycles. The molecule has 9 heteroatoms. The number of benzene rings is 4. The van der Waals surface area contributed by atoms with Crippen molar-refractivity contribution in [3.05, 3.63) is 117 Å². The van der Waals surface area contributed by atoms with Gasteiger partial charge in [-0.2, -0.15) is 4.73 Å². The quantitative estimate of drug-likeness (QED) is 0.196.